The van der Waals surface area contributed by atoms with Crippen LogP contribution in [0.15, 0.2) is 18.2 Å². The van der Waals surface area contributed by atoms with Crippen molar-refractivity contribution in [2.45, 2.75) is 19.5 Å². The van der Waals surface area contributed by atoms with Crippen molar-refractivity contribution in [1.82, 2.24) is 0 Å². The van der Waals surface area contributed by atoms with E-state index in [4.69, 9.17) is 4.74 Å². The first-order valence-corrected chi connectivity index (χ1v) is 5.19. The van der Waals surface area contributed by atoms with Crippen LogP contribution in [0.2, 0.25) is 0 Å². The molecule has 0 aliphatic carbocycles. The summed E-state index contributed by atoms with van der Waals surface area (Å²) in [6.07, 6.45) is -4.64. The number of hydrogen-bond acceptors (Lipinski definition) is 4. The van der Waals surface area contributed by atoms with Gasteiger partial charge in [-0.15, -0.1) is 0 Å². The Bertz CT molecular complexity index is 499. The van der Waals surface area contributed by atoms with E-state index in [9.17, 15) is 28.1 Å². The van der Waals surface area contributed by atoms with Gasteiger partial charge in [-0.25, -0.2) is 0 Å². The van der Waals surface area contributed by atoms with Crippen molar-refractivity contribution in [3.05, 3.63) is 33.9 Å². The van der Waals surface area contributed by atoms with E-state index >= 15 is 0 Å². The van der Waals surface area contributed by atoms with Gasteiger partial charge in [-0.3, -0.25) is 14.9 Å². The predicted octanol–water partition coefficient (Wildman–Crippen LogP) is 2.97. The monoisotopic (exact) mass is 277 g/mol. The highest BCUT2D eigenvalue weighted by Crippen LogP contribution is 2.35. The molecule has 0 bridgehead atoms. The lowest BCUT2D eigenvalue weighted by molar-refractivity contribution is -0.386. The smallest absolute Gasteiger partial charge is 0.416 e. The van der Waals surface area contributed by atoms with Gasteiger partial charge in [0, 0.05) is 12.5 Å². The molecule has 0 saturated heterocycles. The van der Waals surface area contributed by atoms with Crippen LogP contribution in [0, 0.1) is 10.1 Å². The number of benzene rings is 1. The molecular formula is C11H10F3NO4. The highest BCUT2D eigenvalue weighted by atomic mass is 19.4. The number of carbonyl (C=O) groups excluding carboxylic acids is 1. The molecule has 0 amide bonds. The van der Waals surface area contributed by atoms with Crippen LogP contribution < -0.4 is 4.74 Å². The highest BCUT2D eigenvalue weighted by Gasteiger charge is 2.33. The molecule has 0 radical (unpaired) electrons. The van der Waals surface area contributed by atoms with E-state index in [2.05, 4.69) is 0 Å². The van der Waals surface area contributed by atoms with E-state index in [-0.39, 0.29) is 24.6 Å². The lowest BCUT2D eigenvalue weighted by Crippen LogP contribution is -2.08. The fourth-order valence-electron chi connectivity index (χ4n) is 1.26. The predicted molar refractivity (Wildman–Crippen MR) is 58.9 cm³/mol. The lowest BCUT2D eigenvalue weighted by atomic mass is 10.2. The van der Waals surface area contributed by atoms with Gasteiger partial charge in [-0.05, 0) is 19.1 Å². The van der Waals surface area contributed by atoms with Crippen LogP contribution in [-0.2, 0) is 11.0 Å². The molecule has 0 atom stereocenters. The average molecular weight is 277 g/mol. The molecule has 1 aromatic rings. The van der Waals surface area contributed by atoms with Crippen molar-refractivity contribution in [2.75, 3.05) is 6.61 Å². The van der Waals surface area contributed by atoms with Gasteiger partial charge in [0.25, 0.3) is 0 Å². The van der Waals surface area contributed by atoms with E-state index in [1.165, 1.54) is 6.92 Å². The summed E-state index contributed by atoms with van der Waals surface area (Å²) >= 11 is 0. The lowest BCUT2D eigenvalue weighted by Gasteiger charge is -2.09. The summed E-state index contributed by atoms with van der Waals surface area (Å²) in [5.74, 6) is -0.478. The van der Waals surface area contributed by atoms with E-state index in [1.807, 2.05) is 0 Å². The number of ketones is 1. The maximum Gasteiger partial charge on any atom is 0.416 e. The SMILES string of the molecule is CC(=O)CCOc1ccc(C(F)(F)F)cc1[N+](=O)[O-]. The van der Waals surface area contributed by atoms with Crippen LogP contribution in [0.3, 0.4) is 0 Å². The number of nitrogens with zero attached hydrogens (tertiary/aromatic N) is 1. The van der Waals surface area contributed by atoms with E-state index in [1.54, 1.807) is 0 Å². The number of halogens is 3. The molecule has 0 fully saturated rings. The largest absolute Gasteiger partial charge is 0.486 e. The number of carbonyl (C=O) groups is 1. The maximum absolute atomic E-state index is 12.4. The zero-order valence-corrected chi connectivity index (χ0v) is 9.86. The number of nitro groups is 1. The van der Waals surface area contributed by atoms with Crippen molar-refractivity contribution >= 4 is 11.5 Å². The molecule has 0 aliphatic heterocycles. The minimum atomic E-state index is -4.66. The standard InChI is InChI=1S/C11H10F3NO4/c1-7(16)4-5-19-10-3-2-8(11(12,13)14)6-9(10)15(17)18/h2-3,6H,4-5H2,1H3. The Morgan fingerprint density at radius 1 is 1.42 bits per heavy atom. The number of alkyl halides is 3. The van der Waals surface area contributed by atoms with Crippen molar-refractivity contribution < 1.29 is 27.6 Å². The number of nitro benzene ring substituents is 1. The summed E-state index contributed by atoms with van der Waals surface area (Å²) < 4.78 is 42.2. The van der Waals surface area contributed by atoms with E-state index in [0.717, 1.165) is 6.07 Å². The summed E-state index contributed by atoms with van der Waals surface area (Å²) in [6, 6.07) is 1.97. The highest BCUT2D eigenvalue weighted by molar-refractivity contribution is 5.75. The molecule has 0 unspecified atom stereocenters. The van der Waals surface area contributed by atoms with Gasteiger partial charge in [-0.2, -0.15) is 13.2 Å². The van der Waals surface area contributed by atoms with Crippen LogP contribution in [0.5, 0.6) is 5.75 Å². The number of hydrogen-bond donors (Lipinski definition) is 0. The second-order valence-corrected chi connectivity index (χ2v) is 3.74. The molecule has 104 valence electrons. The minimum Gasteiger partial charge on any atom is -0.486 e. The fourth-order valence-corrected chi connectivity index (χ4v) is 1.26. The second kappa shape index (κ2) is 5.68. The molecule has 1 aromatic carbocycles. The van der Waals surface area contributed by atoms with Gasteiger partial charge >= 0.3 is 11.9 Å². The first kappa shape index (κ1) is 14.9. The molecule has 0 aromatic heterocycles. The van der Waals surface area contributed by atoms with Crippen molar-refractivity contribution in [1.29, 1.82) is 0 Å². The summed E-state index contributed by atoms with van der Waals surface area (Å²) in [4.78, 5) is 20.4. The zero-order valence-electron chi connectivity index (χ0n) is 9.86. The molecule has 5 nitrogen and oxygen atoms in total. The molecule has 0 heterocycles. The normalized spacial score (nSPS) is 11.2. The molecular weight excluding hydrogens is 267 g/mol. The van der Waals surface area contributed by atoms with Crippen molar-refractivity contribution in [3.63, 3.8) is 0 Å². The van der Waals surface area contributed by atoms with Crippen LogP contribution in [0.4, 0.5) is 18.9 Å². The Balaban J connectivity index is 2.99. The molecule has 8 heteroatoms. The van der Waals surface area contributed by atoms with E-state index < -0.39 is 22.4 Å². The summed E-state index contributed by atoms with van der Waals surface area (Å²) in [6.45, 7) is 1.19. The number of rotatable bonds is 5. The first-order chi connectivity index (χ1) is 8.71. The van der Waals surface area contributed by atoms with Gasteiger partial charge in [0.05, 0.1) is 17.1 Å². The Morgan fingerprint density at radius 2 is 2.05 bits per heavy atom. The van der Waals surface area contributed by atoms with Gasteiger partial charge in [0.15, 0.2) is 5.75 Å². The maximum atomic E-state index is 12.4. The Morgan fingerprint density at radius 3 is 2.53 bits per heavy atom. The number of ether oxygens (including phenoxy) is 1. The Hall–Kier alpha value is -2.12. The first-order valence-electron chi connectivity index (χ1n) is 5.19. The third-order valence-electron chi connectivity index (χ3n) is 2.19. The molecule has 1 rings (SSSR count). The topological polar surface area (TPSA) is 69.4 Å². The third kappa shape index (κ3) is 4.23. The second-order valence-electron chi connectivity index (χ2n) is 3.74. The Kier molecular flexibility index (Phi) is 4.47. The summed E-state index contributed by atoms with van der Waals surface area (Å²) in [5.41, 5.74) is -1.91. The van der Waals surface area contributed by atoms with E-state index in [0.29, 0.717) is 12.1 Å². The molecule has 0 N–H and O–H groups in total. The van der Waals surface area contributed by atoms with Crippen LogP contribution >= 0.6 is 0 Å². The van der Waals surface area contributed by atoms with Gasteiger partial charge < -0.3 is 4.74 Å². The van der Waals surface area contributed by atoms with Gasteiger partial charge in [0.2, 0.25) is 0 Å². The van der Waals surface area contributed by atoms with Gasteiger partial charge in [0.1, 0.15) is 5.78 Å². The summed E-state index contributed by atoms with van der Waals surface area (Å²) in [7, 11) is 0. The van der Waals surface area contributed by atoms with Crippen LogP contribution in [0.1, 0.15) is 18.9 Å². The van der Waals surface area contributed by atoms with Crippen LogP contribution in [0.25, 0.3) is 0 Å². The Labute approximate surface area is 106 Å². The minimum absolute atomic E-state index is 0.0260. The third-order valence-corrected chi connectivity index (χ3v) is 2.19. The average Bonchev–Trinajstić information content (AvgIpc) is 2.27. The molecule has 19 heavy (non-hydrogen) atoms. The zero-order chi connectivity index (χ0) is 14.6. The molecule has 0 aliphatic rings. The fraction of sp³-hybridized carbons (Fsp3) is 0.364. The molecule has 0 saturated carbocycles. The summed E-state index contributed by atoms with van der Waals surface area (Å²) in [5, 5.41) is 10.7. The van der Waals surface area contributed by atoms with Crippen molar-refractivity contribution in [3.8, 4) is 5.75 Å². The van der Waals surface area contributed by atoms with Crippen LogP contribution in [-0.4, -0.2) is 17.3 Å². The number of Topliss-reactive ketones (excluding diaryl/α,β-unsaturated/α-hetero) is 1. The van der Waals surface area contributed by atoms with Crippen molar-refractivity contribution in [2.24, 2.45) is 0 Å². The molecule has 0 spiro atoms. The van der Waals surface area contributed by atoms with Gasteiger partial charge in [-0.1, -0.05) is 0 Å². The quantitative estimate of drug-likeness (QED) is 0.612.